The van der Waals surface area contributed by atoms with E-state index in [2.05, 4.69) is 11.8 Å². The fourth-order valence-electron chi connectivity index (χ4n) is 1.84. The van der Waals surface area contributed by atoms with Gasteiger partial charge in [-0.25, -0.2) is 4.39 Å². The van der Waals surface area contributed by atoms with Crippen molar-refractivity contribution in [1.29, 1.82) is 0 Å². The molecule has 0 saturated carbocycles. The first-order valence-corrected chi connectivity index (χ1v) is 6.30. The number of carboxylic acids is 1. The molecule has 100 valence electrons. The summed E-state index contributed by atoms with van der Waals surface area (Å²) in [5.74, 6) is -0.993. The molecule has 0 fully saturated rings. The summed E-state index contributed by atoms with van der Waals surface area (Å²) in [5.41, 5.74) is 1.08. The zero-order chi connectivity index (χ0) is 13.4. The van der Waals surface area contributed by atoms with Crippen LogP contribution in [0, 0.1) is 5.82 Å². The fourth-order valence-corrected chi connectivity index (χ4v) is 1.84. The summed E-state index contributed by atoms with van der Waals surface area (Å²) >= 11 is 0. The van der Waals surface area contributed by atoms with Crippen molar-refractivity contribution in [2.24, 2.45) is 0 Å². The highest BCUT2D eigenvalue weighted by atomic mass is 19.1. The van der Waals surface area contributed by atoms with Crippen LogP contribution in [0.25, 0.3) is 0 Å². The van der Waals surface area contributed by atoms with Gasteiger partial charge in [-0.15, -0.1) is 0 Å². The zero-order valence-corrected chi connectivity index (χ0v) is 10.7. The van der Waals surface area contributed by atoms with Crippen LogP contribution >= 0.6 is 0 Å². The summed E-state index contributed by atoms with van der Waals surface area (Å²) < 4.78 is 12.7. The molecule has 1 aromatic carbocycles. The van der Waals surface area contributed by atoms with Crippen LogP contribution in [0.15, 0.2) is 24.3 Å². The van der Waals surface area contributed by atoms with E-state index < -0.39 is 5.97 Å². The highest BCUT2D eigenvalue weighted by molar-refractivity contribution is 5.66. The molecule has 0 atom stereocenters. The third-order valence-corrected chi connectivity index (χ3v) is 2.81. The monoisotopic (exact) mass is 253 g/mol. The maximum absolute atomic E-state index is 12.7. The van der Waals surface area contributed by atoms with E-state index in [1.165, 1.54) is 12.1 Å². The predicted molar refractivity (Wildman–Crippen MR) is 69.1 cm³/mol. The SMILES string of the molecule is CCCN(CCC(=O)O)CCc1ccc(F)cc1. The zero-order valence-electron chi connectivity index (χ0n) is 10.7. The molecular weight excluding hydrogens is 233 g/mol. The molecule has 0 aliphatic heterocycles. The Bertz CT molecular complexity index is 365. The van der Waals surface area contributed by atoms with E-state index in [1.54, 1.807) is 12.1 Å². The Morgan fingerprint density at radius 3 is 2.44 bits per heavy atom. The molecule has 0 unspecified atom stereocenters. The first kappa shape index (κ1) is 14.6. The number of carbonyl (C=O) groups is 1. The van der Waals surface area contributed by atoms with Crippen molar-refractivity contribution in [2.75, 3.05) is 19.6 Å². The van der Waals surface area contributed by atoms with Crippen molar-refractivity contribution in [2.45, 2.75) is 26.2 Å². The van der Waals surface area contributed by atoms with Gasteiger partial charge in [-0.2, -0.15) is 0 Å². The van der Waals surface area contributed by atoms with Gasteiger partial charge in [0.05, 0.1) is 6.42 Å². The van der Waals surface area contributed by atoms with Crippen LogP contribution in [0.2, 0.25) is 0 Å². The van der Waals surface area contributed by atoms with Crippen LogP contribution < -0.4 is 0 Å². The number of carboxylic acid groups (broad SMARTS) is 1. The average Bonchev–Trinajstić information content (AvgIpc) is 2.34. The Labute approximate surface area is 107 Å². The number of nitrogens with zero attached hydrogens (tertiary/aromatic N) is 1. The minimum Gasteiger partial charge on any atom is -0.481 e. The second-order valence-corrected chi connectivity index (χ2v) is 4.36. The third kappa shape index (κ3) is 5.77. The molecular formula is C14H20FNO2. The van der Waals surface area contributed by atoms with Crippen LogP contribution in [0.3, 0.4) is 0 Å². The van der Waals surface area contributed by atoms with E-state index in [1.807, 2.05) is 0 Å². The number of hydrogen-bond donors (Lipinski definition) is 1. The van der Waals surface area contributed by atoms with Crippen molar-refractivity contribution >= 4 is 5.97 Å². The lowest BCUT2D eigenvalue weighted by Crippen LogP contribution is -2.29. The summed E-state index contributed by atoms with van der Waals surface area (Å²) in [6.07, 6.45) is 1.99. The van der Waals surface area contributed by atoms with Gasteiger partial charge in [-0.05, 0) is 37.1 Å². The van der Waals surface area contributed by atoms with E-state index >= 15 is 0 Å². The molecule has 0 aromatic heterocycles. The number of aliphatic carboxylic acids is 1. The van der Waals surface area contributed by atoms with Crippen molar-refractivity contribution in [3.05, 3.63) is 35.6 Å². The predicted octanol–water partition coefficient (Wildman–Crippen LogP) is 2.55. The fraction of sp³-hybridized carbons (Fsp3) is 0.500. The second kappa shape index (κ2) is 7.82. The van der Waals surface area contributed by atoms with Crippen LogP contribution in [-0.2, 0) is 11.2 Å². The topological polar surface area (TPSA) is 40.5 Å². The standard InChI is InChI=1S/C14H20FNO2/c1-2-9-16(11-8-14(17)18)10-7-12-3-5-13(15)6-4-12/h3-6H,2,7-11H2,1H3,(H,17,18). The molecule has 1 rings (SSSR count). The first-order valence-electron chi connectivity index (χ1n) is 6.30. The van der Waals surface area contributed by atoms with Crippen LogP contribution in [0.4, 0.5) is 4.39 Å². The van der Waals surface area contributed by atoms with Gasteiger partial charge in [0.2, 0.25) is 0 Å². The number of hydrogen-bond acceptors (Lipinski definition) is 2. The largest absolute Gasteiger partial charge is 0.481 e. The normalized spacial score (nSPS) is 10.8. The smallest absolute Gasteiger partial charge is 0.304 e. The summed E-state index contributed by atoms with van der Waals surface area (Å²) in [4.78, 5) is 12.7. The van der Waals surface area contributed by atoms with Gasteiger partial charge in [-0.3, -0.25) is 4.79 Å². The Morgan fingerprint density at radius 2 is 1.89 bits per heavy atom. The van der Waals surface area contributed by atoms with E-state index in [0.717, 1.165) is 31.5 Å². The van der Waals surface area contributed by atoms with E-state index in [4.69, 9.17) is 5.11 Å². The molecule has 0 bridgehead atoms. The van der Waals surface area contributed by atoms with Crippen LogP contribution in [-0.4, -0.2) is 35.6 Å². The summed E-state index contributed by atoms with van der Waals surface area (Å²) in [6, 6.07) is 6.46. The van der Waals surface area contributed by atoms with Gasteiger partial charge in [0.25, 0.3) is 0 Å². The second-order valence-electron chi connectivity index (χ2n) is 4.36. The summed E-state index contributed by atoms with van der Waals surface area (Å²) in [6.45, 7) is 4.36. The van der Waals surface area contributed by atoms with E-state index in [0.29, 0.717) is 6.54 Å². The van der Waals surface area contributed by atoms with E-state index in [-0.39, 0.29) is 12.2 Å². The summed E-state index contributed by atoms with van der Waals surface area (Å²) in [7, 11) is 0. The molecule has 3 nitrogen and oxygen atoms in total. The van der Waals surface area contributed by atoms with Crippen molar-refractivity contribution in [3.8, 4) is 0 Å². The maximum atomic E-state index is 12.7. The lowest BCUT2D eigenvalue weighted by Gasteiger charge is -2.20. The Hall–Kier alpha value is -1.42. The number of benzene rings is 1. The lowest BCUT2D eigenvalue weighted by molar-refractivity contribution is -0.137. The van der Waals surface area contributed by atoms with Gasteiger partial charge in [0.15, 0.2) is 0 Å². The minimum atomic E-state index is -0.766. The number of halogens is 1. The van der Waals surface area contributed by atoms with Gasteiger partial charge < -0.3 is 10.0 Å². The van der Waals surface area contributed by atoms with Gasteiger partial charge >= 0.3 is 5.97 Å². The Balaban J connectivity index is 2.40. The Morgan fingerprint density at radius 1 is 1.22 bits per heavy atom. The summed E-state index contributed by atoms with van der Waals surface area (Å²) in [5, 5.41) is 8.68. The van der Waals surface area contributed by atoms with E-state index in [9.17, 15) is 9.18 Å². The maximum Gasteiger partial charge on any atom is 0.304 e. The molecule has 4 heteroatoms. The molecule has 0 aliphatic carbocycles. The molecule has 0 heterocycles. The highest BCUT2D eigenvalue weighted by Crippen LogP contribution is 2.05. The van der Waals surface area contributed by atoms with Crippen LogP contribution in [0.1, 0.15) is 25.3 Å². The van der Waals surface area contributed by atoms with Gasteiger partial charge in [0.1, 0.15) is 5.82 Å². The number of rotatable bonds is 8. The van der Waals surface area contributed by atoms with Gasteiger partial charge in [0, 0.05) is 13.1 Å². The van der Waals surface area contributed by atoms with Crippen molar-refractivity contribution < 1.29 is 14.3 Å². The quantitative estimate of drug-likeness (QED) is 0.774. The highest BCUT2D eigenvalue weighted by Gasteiger charge is 2.06. The molecule has 0 saturated heterocycles. The molecule has 0 radical (unpaired) electrons. The third-order valence-electron chi connectivity index (χ3n) is 2.81. The molecule has 1 aromatic rings. The molecule has 0 spiro atoms. The van der Waals surface area contributed by atoms with Crippen molar-refractivity contribution in [1.82, 2.24) is 4.90 Å². The molecule has 1 N–H and O–H groups in total. The molecule has 0 amide bonds. The molecule has 0 aliphatic rings. The minimum absolute atomic E-state index is 0.170. The lowest BCUT2D eigenvalue weighted by atomic mass is 10.1. The van der Waals surface area contributed by atoms with Crippen LogP contribution in [0.5, 0.6) is 0 Å². The average molecular weight is 253 g/mol. The first-order chi connectivity index (χ1) is 8.61. The Kier molecular flexibility index (Phi) is 6.36. The molecule has 18 heavy (non-hydrogen) atoms. The van der Waals surface area contributed by atoms with Crippen molar-refractivity contribution in [3.63, 3.8) is 0 Å². The van der Waals surface area contributed by atoms with Gasteiger partial charge in [-0.1, -0.05) is 19.1 Å².